The van der Waals surface area contributed by atoms with E-state index in [0.29, 0.717) is 44.6 Å². The molecule has 4 rings (SSSR count). The predicted molar refractivity (Wildman–Crippen MR) is 116 cm³/mol. The summed E-state index contributed by atoms with van der Waals surface area (Å²) in [5, 5.41) is 12.0. The van der Waals surface area contributed by atoms with Crippen molar-refractivity contribution in [2.75, 3.05) is 18.4 Å². The van der Waals surface area contributed by atoms with Crippen LogP contribution in [-0.4, -0.2) is 43.7 Å². The van der Waals surface area contributed by atoms with E-state index >= 15 is 0 Å². The fraction of sp³-hybridized carbons (Fsp3) is 0.391. The summed E-state index contributed by atoms with van der Waals surface area (Å²) in [6.45, 7) is 3.80. The van der Waals surface area contributed by atoms with Gasteiger partial charge < -0.3 is 15.0 Å². The van der Waals surface area contributed by atoms with E-state index in [9.17, 15) is 35.8 Å². The molecule has 0 saturated carbocycles. The number of piperidine rings is 1. The first kappa shape index (κ1) is 25.9. The lowest BCUT2D eigenvalue weighted by Gasteiger charge is -2.29. The number of alkyl halides is 6. The summed E-state index contributed by atoms with van der Waals surface area (Å²) < 4.78 is 94.8. The quantitative estimate of drug-likeness (QED) is 0.441. The van der Waals surface area contributed by atoms with Gasteiger partial charge in [-0.3, -0.25) is 4.90 Å². The maximum atomic E-state index is 14.6. The minimum atomic E-state index is -5.02. The minimum Gasteiger partial charge on any atom is -0.393 e. The van der Waals surface area contributed by atoms with Gasteiger partial charge >= 0.3 is 12.4 Å². The molecule has 1 aliphatic rings. The van der Waals surface area contributed by atoms with Crippen molar-refractivity contribution in [1.82, 2.24) is 19.4 Å². The van der Waals surface area contributed by atoms with Gasteiger partial charge in [0.25, 0.3) is 0 Å². The molecule has 0 amide bonds. The van der Waals surface area contributed by atoms with E-state index < -0.39 is 35.0 Å². The van der Waals surface area contributed by atoms with Crippen LogP contribution in [0.3, 0.4) is 0 Å². The summed E-state index contributed by atoms with van der Waals surface area (Å²) in [5.41, 5.74) is -1.84. The van der Waals surface area contributed by atoms with Crippen LogP contribution in [0.2, 0.25) is 0 Å². The maximum Gasteiger partial charge on any atom is 0.416 e. The Bertz CT molecular complexity index is 1200. The van der Waals surface area contributed by atoms with Crippen LogP contribution in [-0.2, 0) is 18.9 Å². The Labute approximate surface area is 201 Å². The SMILES string of the molecule is Cc1cn(-c2nc(Nc3cc(C(F)(F)F)cc(C(F)(F)F)c3)ncc2F)cc1CN1CCC(O)CC1. The van der Waals surface area contributed by atoms with Crippen LogP contribution >= 0.6 is 0 Å². The number of anilines is 2. The van der Waals surface area contributed by atoms with Gasteiger partial charge in [-0.15, -0.1) is 0 Å². The molecule has 6 nitrogen and oxygen atoms in total. The number of benzene rings is 1. The Kier molecular flexibility index (Phi) is 6.97. The first-order chi connectivity index (χ1) is 16.8. The monoisotopic (exact) mass is 517 g/mol. The number of halogens is 7. The van der Waals surface area contributed by atoms with E-state index in [2.05, 4.69) is 20.2 Å². The lowest BCUT2D eigenvalue weighted by atomic mass is 10.1. The lowest BCUT2D eigenvalue weighted by molar-refractivity contribution is -0.143. The highest BCUT2D eigenvalue weighted by Crippen LogP contribution is 2.38. The number of aliphatic hydroxyl groups excluding tert-OH is 1. The molecule has 3 aromatic rings. The third-order valence-corrected chi connectivity index (χ3v) is 5.90. The fourth-order valence-electron chi connectivity index (χ4n) is 3.96. The number of aliphatic hydroxyl groups is 1. The third kappa shape index (κ3) is 5.95. The van der Waals surface area contributed by atoms with Crippen LogP contribution in [0.15, 0.2) is 36.8 Å². The van der Waals surface area contributed by atoms with Gasteiger partial charge in [-0.05, 0) is 49.1 Å². The Balaban J connectivity index is 1.61. The molecule has 1 saturated heterocycles. The van der Waals surface area contributed by atoms with E-state index in [0.717, 1.165) is 17.3 Å². The zero-order chi connectivity index (χ0) is 26.3. The summed E-state index contributed by atoms with van der Waals surface area (Å²) >= 11 is 0. The molecule has 0 unspecified atom stereocenters. The summed E-state index contributed by atoms with van der Waals surface area (Å²) in [6.07, 6.45) is -4.99. The molecule has 13 heteroatoms. The van der Waals surface area contributed by atoms with Crippen molar-refractivity contribution in [1.29, 1.82) is 0 Å². The van der Waals surface area contributed by atoms with Crippen LogP contribution in [0, 0.1) is 12.7 Å². The van der Waals surface area contributed by atoms with Gasteiger partial charge in [0.15, 0.2) is 11.6 Å². The average Bonchev–Trinajstić information content (AvgIpc) is 3.15. The van der Waals surface area contributed by atoms with E-state index in [1.165, 1.54) is 4.57 Å². The standard InChI is InChI=1S/C23H22F7N5O/c1-13-10-35(12-14(13)11-34-4-2-18(36)3-5-34)20-19(24)9-31-21(33-20)32-17-7-15(22(25,26)27)6-16(8-17)23(28,29)30/h6-10,12,18,36H,2-5,11H2,1H3,(H,31,32,33). The van der Waals surface area contributed by atoms with Gasteiger partial charge in [0.2, 0.25) is 5.95 Å². The Morgan fingerprint density at radius 1 is 1.00 bits per heavy atom. The minimum absolute atomic E-state index is 0.00922. The van der Waals surface area contributed by atoms with Gasteiger partial charge in [0.05, 0.1) is 23.4 Å². The zero-order valence-electron chi connectivity index (χ0n) is 19.0. The first-order valence-electron chi connectivity index (χ1n) is 11.0. The first-order valence-corrected chi connectivity index (χ1v) is 11.0. The second-order valence-corrected chi connectivity index (χ2v) is 8.67. The van der Waals surface area contributed by atoms with E-state index in [4.69, 9.17) is 0 Å². The molecule has 1 fully saturated rings. The second-order valence-electron chi connectivity index (χ2n) is 8.67. The van der Waals surface area contributed by atoms with Crippen LogP contribution in [0.4, 0.5) is 42.4 Å². The zero-order valence-corrected chi connectivity index (χ0v) is 19.0. The molecule has 194 valence electrons. The Morgan fingerprint density at radius 3 is 2.19 bits per heavy atom. The molecule has 1 aromatic carbocycles. The average molecular weight is 517 g/mol. The number of aryl methyl sites for hydroxylation is 1. The van der Waals surface area contributed by atoms with Gasteiger partial charge in [-0.1, -0.05) is 0 Å². The lowest BCUT2D eigenvalue weighted by Crippen LogP contribution is -2.35. The van der Waals surface area contributed by atoms with Crippen molar-refractivity contribution in [2.45, 2.75) is 44.8 Å². The number of hydrogen-bond acceptors (Lipinski definition) is 5. The number of aromatic nitrogens is 3. The molecule has 3 heterocycles. The van der Waals surface area contributed by atoms with Crippen LogP contribution in [0.1, 0.15) is 35.1 Å². The molecule has 0 radical (unpaired) electrons. The molecule has 0 spiro atoms. The van der Waals surface area contributed by atoms with Gasteiger partial charge in [-0.2, -0.15) is 31.3 Å². The molecule has 0 aliphatic carbocycles. The van der Waals surface area contributed by atoms with E-state index in [1.807, 2.05) is 6.92 Å². The molecule has 1 aliphatic heterocycles. The smallest absolute Gasteiger partial charge is 0.393 e. The highest BCUT2D eigenvalue weighted by molar-refractivity contribution is 5.57. The van der Waals surface area contributed by atoms with Crippen molar-refractivity contribution < 1.29 is 35.8 Å². The van der Waals surface area contributed by atoms with E-state index in [-0.39, 0.29) is 23.9 Å². The summed E-state index contributed by atoms with van der Waals surface area (Å²) in [4.78, 5) is 9.81. The molecule has 2 aromatic heterocycles. The van der Waals surface area contributed by atoms with Crippen molar-refractivity contribution in [3.05, 3.63) is 64.9 Å². The van der Waals surface area contributed by atoms with Crippen LogP contribution < -0.4 is 5.32 Å². The third-order valence-electron chi connectivity index (χ3n) is 5.90. The number of likely N-dealkylation sites (tertiary alicyclic amines) is 1. The predicted octanol–water partition coefficient (Wildman–Crippen LogP) is 5.45. The largest absolute Gasteiger partial charge is 0.416 e. The summed E-state index contributed by atoms with van der Waals surface area (Å²) in [5.74, 6) is -1.43. The molecular weight excluding hydrogens is 495 g/mol. The Hall–Kier alpha value is -3.19. The summed E-state index contributed by atoms with van der Waals surface area (Å²) in [7, 11) is 0. The number of rotatable bonds is 5. The molecule has 0 bridgehead atoms. The number of nitrogens with one attached hydrogen (secondary N) is 1. The maximum absolute atomic E-state index is 14.6. The highest BCUT2D eigenvalue weighted by atomic mass is 19.4. The highest BCUT2D eigenvalue weighted by Gasteiger charge is 2.37. The number of hydrogen-bond donors (Lipinski definition) is 2. The van der Waals surface area contributed by atoms with E-state index in [1.54, 1.807) is 12.4 Å². The molecule has 36 heavy (non-hydrogen) atoms. The normalized spacial score (nSPS) is 15.9. The van der Waals surface area contributed by atoms with Crippen molar-refractivity contribution in [3.63, 3.8) is 0 Å². The second kappa shape index (κ2) is 9.69. The molecule has 2 N–H and O–H groups in total. The summed E-state index contributed by atoms with van der Waals surface area (Å²) in [6, 6.07) is 1.000. The Morgan fingerprint density at radius 2 is 1.61 bits per heavy atom. The molecule has 0 atom stereocenters. The topological polar surface area (TPSA) is 66.2 Å². The van der Waals surface area contributed by atoms with Gasteiger partial charge in [-0.25, -0.2) is 9.37 Å². The van der Waals surface area contributed by atoms with Gasteiger partial charge in [0, 0.05) is 37.7 Å². The van der Waals surface area contributed by atoms with Crippen LogP contribution in [0.5, 0.6) is 0 Å². The van der Waals surface area contributed by atoms with Crippen molar-refractivity contribution >= 4 is 11.6 Å². The van der Waals surface area contributed by atoms with Crippen LogP contribution in [0.25, 0.3) is 5.82 Å². The fourth-order valence-corrected chi connectivity index (χ4v) is 3.96. The van der Waals surface area contributed by atoms with Crippen molar-refractivity contribution in [2.24, 2.45) is 0 Å². The van der Waals surface area contributed by atoms with Gasteiger partial charge in [0.1, 0.15) is 0 Å². The molecular formula is C23H22F7N5O. The van der Waals surface area contributed by atoms with Crippen molar-refractivity contribution in [3.8, 4) is 5.82 Å². The number of nitrogens with zero attached hydrogens (tertiary/aromatic N) is 4.